The topological polar surface area (TPSA) is 84.2 Å². The Morgan fingerprint density at radius 3 is 2.93 bits per heavy atom. The number of carbonyl (C=O) groups excluding carboxylic acids is 1. The number of hydrogen-bond acceptors (Lipinski definition) is 7. The highest BCUT2D eigenvalue weighted by Gasteiger charge is 2.31. The molecule has 0 spiro atoms. The molecule has 2 unspecified atom stereocenters. The molecule has 1 aromatic carbocycles. The first-order valence-electron chi connectivity index (χ1n) is 9.99. The van der Waals surface area contributed by atoms with Gasteiger partial charge in [0.05, 0.1) is 17.7 Å². The molecular weight excluding hydrogens is 405 g/mol. The Kier molecular flexibility index (Phi) is 5.92. The number of nitrogens with one attached hydrogen (secondary N) is 1. The molecule has 7 nitrogen and oxygen atoms in total. The lowest BCUT2D eigenvalue weighted by Crippen LogP contribution is -2.46. The first-order valence-corrected chi connectivity index (χ1v) is 10.8. The first kappa shape index (κ1) is 20.6. The molecule has 0 bridgehead atoms. The van der Waals surface area contributed by atoms with Gasteiger partial charge in [0.1, 0.15) is 5.82 Å². The maximum atomic E-state index is 13.5. The largest absolute Gasteiger partial charge is 0.339 e. The van der Waals surface area contributed by atoms with Crippen molar-refractivity contribution in [1.29, 1.82) is 0 Å². The van der Waals surface area contributed by atoms with Crippen LogP contribution < -0.4 is 5.32 Å². The fourth-order valence-electron chi connectivity index (χ4n) is 3.61. The number of benzene rings is 1. The molecule has 1 saturated heterocycles. The van der Waals surface area contributed by atoms with E-state index in [2.05, 4.69) is 25.3 Å². The van der Waals surface area contributed by atoms with E-state index in [1.165, 1.54) is 23.5 Å². The van der Waals surface area contributed by atoms with Crippen molar-refractivity contribution in [3.05, 3.63) is 46.5 Å². The number of hydrogen-bond donors (Lipinski definition) is 1. The minimum atomic E-state index is -0.340. The molecule has 30 heavy (non-hydrogen) atoms. The third-order valence-electron chi connectivity index (χ3n) is 5.51. The number of aromatic nitrogens is 3. The highest BCUT2D eigenvalue weighted by Crippen LogP contribution is 2.29. The Morgan fingerprint density at radius 1 is 1.37 bits per heavy atom. The lowest BCUT2D eigenvalue weighted by atomic mass is 9.96. The van der Waals surface area contributed by atoms with Gasteiger partial charge in [0, 0.05) is 17.0 Å². The van der Waals surface area contributed by atoms with Crippen LogP contribution in [0.25, 0.3) is 11.4 Å². The Balaban J connectivity index is 1.42. The molecular formula is C21H24FN5O2S. The van der Waals surface area contributed by atoms with Crippen molar-refractivity contribution in [2.75, 3.05) is 18.4 Å². The van der Waals surface area contributed by atoms with Crippen LogP contribution in [0.15, 0.2) is 28.8 Å². The van der Waals surface area contributed by atoms with Crippen LogP contribution in [0.5, 0.6) is 0 Å². The van der Waals surface area contributed by atoms with Crippen LogP contribution in [0.2, 0.25) is 0 Å². The molecule has 158 valence electrons. The zero-order valence-corrected chi connectivity index (χ0v) is 18.0. The Morgan fingerprint density at radius 2 is 2.20 bits per heavy atom. The van der Waals surface area contributed by atoms with Gasteiger partial charge in [-0.2, -0.15) is 4.98 Å². The van der Waals surface area contributed by atoms with E-state index in [9.17, 15) is 9.18 Å². The summed E-state index contributed by atoms with van der Waals surface area (Å²) in [7, 11) is 0. The second kappa shape index (κ2) is 8.61. The first-order chi connectivity index (χ1) is 14.4. The summed E-state index contributed by atoms with van der Waals surface area (Å²) in [5.74, 6) is 0.524. The summed E-state index contributed by atoms with van der Waals surface area (Å²) < 4.78 is 19.0. The number of halogens is 1. The van der Waals surface area contributed by atoms with E-state index in [1.807, 2.05) is 20.8 Å². The minimum Gasteiger partial charge on any atom is -0.339 e. The van der Waals surface area contributed by atoms with Crippen LogP contribution in [0.1, 0.15) is 42.1 Å². The van der Waals surface area contributed by atoms with E-state index in [1.54, 1.807) is 12.1 Å². The second-order valence-electron chi connectivity index (χ2n) is 7.63. The lowest BCUT2D eigenvalue weighted by Gasteiger charge is -2.34. The molecule has 0 aliphatic carbocycles. The quantitative estimate of drug-likeness (QED) is 0.656. The molecule has 3 aromatic rings. The average Bonchev–Trinajstić information content (AvgIpc) is 3.34. The van der Waals surface area contributed by atoms with Gasteiger partial charge in [-0.15, -0.1) is 11.3 Å². The van der Waals surface area contributed by atoms with Gasteiger partial charge in [-0.3, -0.25) is 9.69 Å². The molecule has 1 aliphatic heterocycles. The summed E-state index contributed by atoms with van der Waals surface area (Å²) in [5.41, 5.74) is 1.52. The summed E-state index contributed by atoms with van der Waals surface area (Å²) in [5, 5.41) is 7.57. The molecule has 0 radical (unpaired) electrons. The Labute approximate surface area is 178 Å². The normalized spacial score (nSPS) is 18.3. The third kappa shape index (κ3) is 4.41. The Hall–Kier alpha value is -2.65. The molecule has 1 aliphatic rings. The number of amides is 1. The molecule has 9 heteroatoms. The number of nitrogens with zero attached hydrogens (tertiary/aromatic N) is 4. The van der Waals surface area contributed by atoms with Gasteiger partial charge < -0.3 is 9.84 Å². The van der Waals surface area contributed by atoms with Crippen molar-refractivity contribution >= 4 is 22.4 Å². The van der Waals surface area contributed by atoms with Crippen molar-refractivity contribution in [2.24, 2.45) is 0 Å². The zero-order valence-electron chi connectivity index (χ0n) is 17.2. The standard InChI is InChI=1S/C21H24FN5O2S/c1-12-14(3)30-21(23-12)25-19(28)13(2)27-9-5-7-16(11-27)20-24-18(26-29-20)15-6-4-8-17(22)10-15/h4,6,8,10,13,16H,5,7,9,11H2,1-3H3,(H,23,25,28). The molecule has 1 N–H and O–H groups in total. The minimum absolute atomic E-state index is 0.0353. The zero-order chi connectivity index (χ0) is 21.3. The highest BCUT2D eigenvalue weighted by molar-refractivity contribution is 7.15. The number of likely N-dealkylation sites (tertiary alicyclic amines) is 1. The summed E-state index contributed by atoms with van der Waals surface area (Å²) >= 11 is 1.48. The van der Waals surface area contributed by atoms with Gasteiger partial charge in [0.25, 0.3) is 0 Å². The molecule has 3 heterocycles. The molecule has 1 fully saturated rings. The van der Waals surface area contributed by atoms with Crippen LogP contribution in [-0.2, 0) is 4.79 Å². The number of rotatable bonds is 5. The van der Waals surface area contributed by atoms with Gasteiger partial charge >= 0.3 is 0 Å². The highest BCUT2D eigenvalue weighted by atomic mass is 32.1. The number of anilines is 1. The summed E-state index contributed by atoms with van der Waals surface area (Å²) in [6.45, 7) is 7.30. The summed E-state index contributed by atoms with van der Waals surface area (Å²) in [6, 6.07) is 5.83. The van der Waals surface area contributed by atoms with E-state index < -0.39 is 0 Å². The number of thiazole rings is 1. The maximum Gasteiger partial charge on any atom is 0.243 e. The summed E-state index contributed by atoms with van der Waals surface area (Å²) in [4.78, 5) is 24.8. The van der Waals surface area contributed by atoms with Gasteiger partial charge in [-0.25, -0.2) is 9.37 Å². The van der Waals surface area contributed by atoms with Crippen LogP contribution in [0.4, 0.5) is 9.52 Å². The van der Waals surface area contributed by atoms with Crippen LogP contribution in [0.3, 0.4) is 0 Å². The molecule has 2 aromatic heterocycles. The fraction of sp³-hybridized carbons (Fsp3) is 0.429. The SMILES string of the molecule is Cc1nc(NC(=O)C(C)N2CCCC(c3nc(-c4cccc(F)c4)no3)C2)sc1C. The molecule has 0 saturated carbocycles. The molecule has 1 amide bonds. The smallest absolute Gasteiger partial charge is 0.243 e. The van der Waals surface area contributed by atoms with Crippen molar-refractivity contribution < 1.29 is 13.7 Å². The van der Waals surface area contributed by atoms with Crippen molar-refractivity contribution in [3.8, 4) is 11.4 Å². The molecule has 4 rings (SSSR count). The van der Waals surface area contributed by atoms with Crippen molar-refractivity contribution in [2.45, 2.75) is 45.6 Å². The van der Waals surface area contributed by atoms with E-state index in [-0.39, 0.29) is 23.7 Å². The summed E-state index contributed by atoms with van der Waals surface area (Å²) in [6.07, 6.45) is 1.83. The number of piperidine rings is 1. The maximum absolute atomic E-state index is 13.5. The Bertz CT molecular complexity index is 1030. The monoisotopic (exact) mass is 429 g/mol. The van der Waals surface area contributed by atoms with Gasteiger partial charge in [0.15, 0.2) is 5.13 Å². The lowest BCUT2D eigenvalue weighted by molar-refractivity contribution is -0.121. The van der Waals surface area contributed by atoms with Gasteiger partial charge in [-0.05, 0) is 52.3 Å². The number of carbonyl (C=O) groups is 1. The molecule has 2 atom stereocenters. The second-order valence-corrected chi connectivity index (χ2v) is 8.83. The van der Waals surface area contributed by atoms with E-state index in [4.69, 9.17) is 4.52 Å². The average molecular weight is 430 g/mol. The predicted molar refractivity (Wildman–Crippen MR) is 113 cm³/mol. The van der Waals surface area contributed by atoms with Gasteiger partial charge in [-0.1, -0.05) is 17.3 Å². The van der Waals surface area contributed by atoms with Crippen LogP contribution in [0, 0.1) is 19.7 Å². The van der Waals surface area contributed by atoms with Crippen LogP contribution >= 0.6 is 11.3 Å². The van der Waals surface area contributed by atoms with Crippen molar-refractivity contribution in [3.63, 3.8) is 0 Å². The van der Waals surface area contributed by atoms with E-state index >= 15 is 0 Å². The van der Waals surface area contributed by atoms with Gasteiger partial charge in [0.2, 0.25) is 17.6 Å². The van der Waals surface area contributed by atoms with E-state index in [0.29, 0.717) is 29.0 Å². The van der Waals surface area contributed by atoms with E-state index in [0.717, 1.165) is 30.0 Å². The fourth-order valence-corrected chi connectivity index (χ4v) is 4.43. The van der Waals surface area contributed by atoms with Crippen molar-refractivity contribution in [1.82, 2.24) is 20.0 Å². The third-order valence-corrected chi connectivity index (χ3v) is 6.50. The predicted octanol–water partition coefficient (Wildman–Crippen LogP) is 4.16. The van der Waals surface area contributed by atoms with Crippen LogP contribution in [-0.4, -0.2) is 45.1 Å². The number of aryl methyl sites for hydroxylation is 2.